The summed E-state index contributed by atoms with van der Waals surface area (Å²) in [5.41, 5.74) is 1.09. The molecule has 0 unspecified atom stereocenters. The Kier molecular flexibility index (Phi) is 5.41. The molecule has 2 rings (SSSR count). The zero-order valence-electron chi connectivity index (χ0n) is 13.3. The lowest BCUT2D eigenvalue weighted by atomic mass is 9.91. The Morgan fingerprint density at radius 2 is 1.91 bits per heavy atom. The molecular weight excluding hydrogens is 284 g/mol. The van der Waals surface area contributed by atoms with Crippen molar-refractivity contribution in [2.45, 2.75) is 38.7 Å². The number of hydrogen-bond donors (Lipinski definition) is 0. The van der Waals surface area contributed by atoms with Crippen LogP contribution in [0.25, 0.3) is 0 Å². The first-order chi connectivity index (χ1) is 10.5. The molecule has 0 spiro atoms. The minimum Gasteiger partial charge on any atom is -0.493 e. The number of carbonyl (C=O) groups is 2. The van der Waals surface area contributed by atoms with E-state index in [4.69, 9.17) is 14.2 Å². The number of hydrogen-bond acceptors (Lipinski definition) is 5. The molecule has 0 saturated carbocycles. The molecule has 22 heavy (non-hydrogen) atoms. The Bertz CT molecular complexity index is 534. The van der Waals surface area contributed by atoms with Crippen LogP contribution in [0.5, 0.6) is 11.5 Å². The third-order valence-corrected chi connectivity index (χ3v) is 3.89. The molecule has 5 heteroatoms. The topological polar surface area (TPSA) is 61.8 Å². The molecule has 1 saturated heterocycles. The first-order valence-electron chi connectivity index (χ1n) is 7.49. The van der Waals surface area contributed by atoms with E-state index in [1.54, 1.807) is 21.1 Å². The van der Waals surface area contributed by atoms with E-state index >= 15 is 0 Å². The highest BCUT2D eigenvalue weighted by atomic mass is 16.5. The van der Waals surface area contributed by atoms with Gasteiger partial charge in [0.15, 0.2) is 17.3 Å². The van der Waals surface area contributed by atoms with Crippen LogP contribution in [0.1, 0.15) is 31.7 Å². The summed E-state index contributed by atoms with van der Waals surface area (Å²) in [5.74, 6) is 0.386. The third-order valence-electron chi connectivity index (χ3n) is 3.89. The van der Waals surface area contributed by atoms with E-state index in [1.807, 2.05) is 18.2 Å². The first-order valence-corrected chi connectivity index (χ1v) is 7.49. The number of esters is 1. The maximum atomic E-state index is 11.9. The van der Waals surface area contributed by atoms with Gasteiger partial charge in [-0.25, -0.2) is 0 Å². The van der Waals surface area contributed by atoms with Gasteiger partial charge in [0.25, 0.3) is 0 Å². The van der Waals surface area contributed by atoms with Crippen LogP contribution in [-0.4, -0.2) is 32.1 Å². The van der Waals surface area contributed by atoms with E-state index in [1.165, 1.54) is 0 Å². The molecule has 0 bridgehead atoms. The van der Waals surface area contributed by atoms with E-state index in [0.29, 0.717) is 24.3 Å². The number of Topliss-reactive ketones (excluding diaryl/α,β-unsaturated/α-hetero) is 1. The number of ketones is 1. The summed E-state index contributed by atoms with van der Waals surface area (Å²) in [6.45, 7) is 1.75. The van der Waals surface area contributed by atoms with Crippen LogP contribution in [0.3, 0.4) is 0 Å². The largest absolute Gasteiger partial charge is 0.493 e. The highest BCUT2D eigenvalue weighted by Gasteiger charge is 2.34. The molecule has 1 fully saturated rings. The number of methoxy groups -OCH3 is 2. The Morgan fingerprint density at radius 1 is 1.18 bits per heavy atom. The fourth-order valence-corrected chi connectivity index (χ4v) is 2.70. The van der Waals surface area contributed by atoms with Crippen molar-refractivity contribution in [1.82, 2.24) is 0 Å². The highest BCUT2D eigenvalue weighted by molar-refractivity contribution is 6.00. The quantitative estimate of drug-likeness (QED) is 0.597. The summed E-state index contributed by atoms with van der Waals surface area (Å²) in [6, 6.07) is 5.74. The van der Waals surface area contributed by atoms with Gasteiger partial charge in [0.1, 0.15) is 12.0 Å². The van der Waals surface area contributed by atoms with Gasteiger partial charge in [-0.15, -0.1) is 0 Å². The standard InChI is InChI=1S/C17H22O5/c1-11-9-14(18)13(17(19)22-11)6-4-5-12-7-8-15(20-2)16(10-12)21-3/h7-8,10-11,13H,4-6,9H2,1-3H3/t11-,13-/m0/s1. The molecule has 0 amide bonds. The second-order valence-corrected chi connectivity index (χ2v) is 5.55. The van der Waals surface area contributed by atoms with E-state index in [9.17, 15) is 9.59 Å². The smallest absolute Gasteiger partial charge is 0.316 e. The lowest BCUT2D eigenvalue weighted by molar-refractivity contribution is -0.163. The van der Waals surface area contributed by atoms with Crippen molar-refractivity contribution in [3.8, 4) is 11.5 Å². The van der Waals surface area contributed by atoms with Gasteiger partial charge >= 0.3 is 5.97 Å². The van der Waals surface area contributed by atoms with Crippen LogP contribution in [0.2, 0.25) is 0 Å². The molecule has 120 valence electrons. The number of carbonyl (C=O) groups excluding carboxylic acids is 2. The number of benzene rings is 1. The normalized spacial score (nSPS) is 21.4. The van der Waals surface area contributed by atoms with E-state index in [-0.39, 0.29) is 17.9 Å². The second-order valence-electron chi connectivity index (χ2n) is 5.55. The molecule has 5 nitrogen and oxygen atoms in total. The van der Waals surface area contributed by atoms with Gasteiger partial charge in [-0.2, -0.15) is 0 Å². The number of ether oxygens (including phenoxy) is 3. The number of rotatable bonds is 6. The zero-order valence-corrected chi connectivity index (χ0v) is 13.3. The van der Waals surface area contributed by atoms with Crippen molar-refractivity contribution in [1.29, 1.82) is 0 Å². The third kappa shape index (κ3) is 3.78. The van der Waals surface area contributed by atoms with Crippen molar-refractivity contribution < 1.29 is 23.8 Å². The molecule has 0 aliphatic carbocycles. The minimum atomic E-state index is -0.601. The van der Waals surface area contributed by atoms with Crippen molar-refractivity contribution in [2.75, 3.05) is 14.2 Å². The monoisotopic (exact) mass is 306 g/mol. The van der Waals surface area contributed by atoms with E-state index < -0.39 is 5.92 Å². The van der Waals surface area contributed by atoms with E-state index in [0.717, 1.165) is 18.4 Å². The maximum Gasteiger partial charge on any atom is 0.316 e. The summed E-state index contributed by atoms with van der Waals surface area (Å²) < 4.78 is 15.6. The van der Waals surface area contributed by atoms with Gasteiger partial charge in [0.2, 0.25) is 0 Å². The molecule has 0 radical (unpaired) electrons. The Morgan fingerprint density at radius 3 is 2.55 bits per heavy atom. The molecule has 1 aromatic carbocycles. The van der Waals surface area contributed by atoms with Gasteiger partial charge < -0.3 is 14.2 Å². The average molecular weight is 306 g/mol. The van der Waals surface area contributed by atoms with Crippen LogP contribution in [0.4, 0.5) is 0 Å². The molecule has 2 atom stereocenters. The molecule has 1 aliphatic rings. The number of cyclic esters (lactones) is 1. The molecule has 1 aliphatic heterocycles. The Labute approximate surface area is 130 Å². The zero-order chi connectivity index (χ0) is 16.1. The molecule has 0 N–H and O–H groups in total. The lowest BCUT2D eigenvalue weighted by Gasteiger charge is -2.24. The minimum absolute atomic E-state index is 0.00365. The summed E-state index contributed by atoms with van der Waals surface area (Å²) >= 11 is 0. The molecule has 1 heterocycles. The summed E-state index contributed by atoms with van der Waals surface area (Å²) in [6.07, 6.45) is 2.08. The van der Waals surface area contributed by atoms with E-state index in [2.05, 4.69) is 0 Å². The molecule has 0 aromatic heterocycles. The first kappa shape index (κ1) is 16.3. The Balaban J connectivity index is 1.91. The van der Waals surface area contributed by atoms with Crippen molar-refractivity contribution in [3.63, 3.8) is 0 Å². The maximum absolute atomic E-state index is 11.9. The molecular formula is C17H22O5. The summed E-state index contributed by atoms with van der Waals surface area (Å²) in [7, 11) is 3.19. The summed E-state index contributed by atoms with van der Waals surface area (Å²) in [5, 5.41) is 0. The van der Waals surface area contributed by atoms with Gasteiger partial charge in [-0.05, 0) is 43.9 Å². The predicted octanol–water partition coefficient (Wildman–Crippen LogP) is 2.55. The van der Waals surface area contributed by atoms with Crippen LogP contribution in [-0.2, 0) is 20.7 Å². The van der Waals surface area contributed by atoms with Crippen molar-refractivity contribution in [3.05, 3.63) is 23.8 Å². The van der Waals surface area contributed by atoms with Crippen LogP contribution in [0, 0.1) is 5.92 Å². The van der Waals surface area contributed by atoms with Gasteiger partial charge in [0, 0.05) is 6.42 Å². The van der Waals surface area contributed by atoms with Crippen LogP contribution in [0.15, 0.2) is 18.2 Å². The second kappa shape index (κ2) is 7.29. The van der Waals surface area contributed by atoms with Gasteiger partial charge in [0.05, 0.1) is 14.2 Å². The van der Waals surface area contributed by atoms with Crippen LogP contribution < -0.4 is 9.47 Å². The molecule has 1 aromatic rings. The average Bonchev–Trinajstić information content (AvgIpc) is 2.49. The lowest BCUT2D eigenvalue weighted by Crippen LogP contribution is -2.37. The van der Waals surface area contributed by atoms with Crippen molar-refractivity contribution in [2.24, 2.45) is 5.92 Å². The van der Waals surface area contributed by atoms with Crippen LogP contribution >= 0.6 is 0 Å². The van der Waals surface area contributed by atoms with Gasteiger partial charge in [-0.3, -0.25) is 9.59 Å². The predicted molar refractivity (Wildman–Crippen MR) is 81.2 cm³/mol. The summed E-state index contributed by atoms with van der Waals surface area (Å²) in [4.78, 5) is 23.7. The highest BCUT2D eigenvalue weighted by Crippen LogP contribution is 2.28. The Hall–Kier alpha value is -2.04. The fourth-order valence-electron chi connectivity index (χ4n) is 2.70. The SMILES string of the molecule is COc1ccc(CCC[C@H]2C(=O)C[C@H](C)OC2=O)cc1OC. The fraction of sp³-hybridized carbons (Fsp3) is 0.529. The van der Waals surface area contributed by atoms with Crippen molar-refractivity contribution >= 4 is 11.8 Å². The van der Waals surface area contributed by atoms with Gasteiger partial charge in [-0.1, -0.05) is 6.07 Å². The number of aryl methyl sites for hydroxylation is 1.